The highest BCUT2D eigenvalue weighted by Crippen LogP contribution is 2.21. The number of nitrogens with one attached hydrogen (secondary N) is 1. The molecule has 0 saturated heterocycles. The molecule has 0 heterocycles. The number of hydrogen-bond donors (Lipinski definition) is 1. The largest absolute Gasteiger partial charge is 0.354 e. The average molecular weight is 544 g/mol. The Bertz CT molecular complexity index is 1140. The molecular formula is C29H32Cl2N2O2S. The van der Waals surface area contributed by atoms with Gasteiger partial charge in [-0.3, -0.25) is 9.59 Å². The van der Waals surface area contributed by atoms with Crippen LogP contribution in [0.25, 0.3) is 0 Å². The lowest BCUT2D eigenvalue weighted by atomic mass is 10.0. The summed E-state index contributed by atoms with van der Waals surface area (Å²) in [6.45, 7) is 4.94. The summed E-state index contributed by atoms with van der Waals surface area (Å²) in [6.07, 6.45) is 0.427. The Hall–Kier alpha value is -2.47. The number of amides is 2. The predicted octanol–water partition coefficient (Wildman–Crippen LogP) is 6.64. The molecule has 0 fully saturated rings. The molecule has 3 aromatic rings. The van der Waals surface area contributed by atoms with Gasteiger partial charge in [0.15, 0.2) is 0 Å². The Morgan fingerprint density at radius 1 is 0.861 bits per heavy atom. The van der Waals surface area contributed by atoms with E-state index in [-0.39, 0.29) is 17.6 Å². The monoisotopic (exact) mass is 542 g/mol. The summed E-state index contributed by atoms with van der Waals surface area (Å²) >= 11 is 13.8. The Labute approximate surface area is 228 Å². The lowest BCUT2D eigenvalue weighted by Crippen LogP contribution is -2.51. The Kier molecular flexibility index (Phi) is 11.2. The molecule has 0 spiro atoms. The van der Waals surface area contributed by atoms with Gasteiger partial charge < -0.3 is 10.2 Å². The normalized spacial score (nSPS) is 11.8. The number of nitrogens with zero attached hydrogens (tertiary/aromatic N) is 1. The quantitative estimate of drug-likeness (QED) is 0.279. The lowest BCUT2D eigenvalue weighted by molar-refractivity contribution is -0.139. The Morgan fingerprint density at radius 2 is 1.47 bits per heavy atom. The van der Waals surface area contributed by atoms with Crippen molar-refractivity contribution in [2.24, 2.45) is 5.92 Å². The first-order valence-electron chi connectivity index (χ1n) is 12.0. The highest BCUT2D eigenvalue weighted by atomic mass is 35.5. The number of halogens is 2. The molecular weight excluding hydrogens is 511 g/mol. The van der Waals surface area contributed by atoms with Crippen LogP contribution in [-0.2, 0) is 28.3 Å². The van der Waals surface area contributed by atoms with Gasteiger partial charge in [0.05, 0.1) is 5.75 Å². The minimum absolute atomic E-state index is 0.0948. The zero-order chi connectivity index (χ0) is 25.9. The highest BCUT2D eigenvalue weighted by molar-refractivity contribution is 7.99. The van der Waals surface area contributed by atoms with Gasteiger partial charge in [-0.05, 0) is 46.9 Å². The van der Waals surface area contributed by atoms with Crippen LogP contribution in [0.1, 0.15) is 30.5 Å². The van der Waals surface area contributed by atoms with Gasteiger partial charge in [0.25, 0.3) is 0 Å². The third-order valence-corrected chi connectivity index (χ3v) is 7.04. The van der Waals surface area contributed by atoms with E-state index in [2.05, 4.69) is 5.32 Å². The van der Waals surface area contributed by atoms with Gasteiger partial charge >= 0.3 is 0 Å². The van der Waals surface area contributed by atoms with Crippen molar-refractivity contribution < 1.29 is 9.59 Å². The molecule has 0 radical (unpaired) electrons. The molecule has 7 heteroatoms. The molecule has 36 heavy (non-hydrogen) atoms. The van der Waals surface area contributed by atoms with E-state index in [1.54, 1.807) is 11.0 Å². The molecule has 0 aliphatic rings. The number of rotatable bonds is 12. The van der Waals surface area contributed by atoms with Crippen LogP contribution in [0.4, 0.5) is 0 Å². The standard InChI is InChI=1S/C29H32Cl2N2O2S/c1-21(2)17-32-29(35)27(16-22-8-4-3-5-9-22)33(18-23-10-6-12-25(30)14-23)28(34)20-36-19-24-11-7-13-26(31)15-24/h3-15,21,27H,16-20H2,1-2H3,(H,32,35)/t27-/m1/s1. The van der Waals surface area contributed by atoms with Gasteiger partial charge in [-0.2, -0.15) is 0 Å². The zero-order valence-corrected chi connectivity index (χ0v) is 23.0. The molecule has 0 aliphatic carbocycles. The van der Waals surface area contributed by atoms with E-state index in [9.17, 15) is 9.59 Å². The Morgan fingerprint density at radius 3 is 2.11 bits per heavy atom. The lowest BCUT2D eigenvalue weighted by Gasteiger charge is -2.32. The maximum Gasteiger partial charge on any atom is 0.243 e. The second-order valence-corrected chi connectivity index (χ2v) is 11.0. The van der Waals surface area contributed by atoms with Crippen LogP contribution >= 0.6 is 35.0 Å². The fourth-order valence-corrected chi connectivity index (χ4v) is 5.06. The first-order valence-corrected chi connectivity index (χ1v) is 13.9. The molecule has 3 rings (SSSR count). The summed E-state index contributed by atoms with van der Waals surface area (Å²) in [5.41, 5.74) is 2.93. The number of carbonyl (C=O) groups excluding carboxylic acids is 2. The average Bonchev–Trinajstić information content (AvgIpc) is 2.85. The molecule has 1 atom stereocenters. The van der Waals surface area contributed by atoms with Gasteiger partial charge in [-0.25, -0.2) is 0 Å². The van der Waals surface area contributed by atoms with Crippen LogP contribution in [-0.4, -0.2) is 35.1 Å². The SMILES string of the molecule is CC(C)CNC(=O)[C@@H](Cc1ccccc1)N(Cc1cccc(Cl)c1)C(=O)CSCc1cccc(Cl)c1. The first-order chi connectivity index (χ1) is 17.3. The minimum Gasteiger partial charge on any atom is -0.354 e. The van der Waals surface area contributed by atoms with Crippen molar-refractivity contribution >= 4 is 46.8 Å². The molecule has 2 amide bonds. The summed E-state index contributed by atoms with van der Waals surface area (Å²) < 4.78 is 0. The number of benzene rings is 3. The van der Waals surface area contributed by atoms with Crippen molar-refractivity contribution in [2.75, 3.05) is 12.3 Å². The molecule has 0 bridgehead atoms. The van der Waals surface area contributed by atoms with Crippen molar-refractivity contribution in [1.82, 2.24) is 10.2 Å². The minimum atomic E-state index is -0.649. The second kappa shape index (κ2) is 14.3. The van der Waals surface area contributed by atoms with Gasteiger partial charge in [0, 0.05) is 35.3 Å². The molecule has 190 valence electrons. The van der Waals surface area contributed by atoms with Crippen molar-refractivity contribution in [1.29, 1.82) is 0 Å². The summed E-state index contributed by atoms with van der Waals surface area (Å²) in [5.74, 6) is 0.956. The maximum absolute atomic E-state index is 13.6. The molecule has 0 saturated carbocycles. The summed E-state index contributed by atoms with van der Waals surface area (Å²) in [4.78, 5) is 28.8. The van der Waals surface area contributed by atoms with Crippen LogP contribution in [0, 0.1) is 5.92 Å². The van der Waals surface area contributed by atoms with Gasteiger partial charge in [-0.15, -0.1) is 11.8 Å². The van der Waals surface area contributed by atoms with E-state index in [4.69, 9.17) is 23.2 Å². The van der Waals surface area contributed by atoms with Gasteiger partial charge in [0.1, 0.15) is 6.04 Å². The maximum atomic E-state index is 13.6. The van der Waals surface area contributed by atoms with E-state index >= 15 is 0 Å². The van der Waals surface area contributed by atoms with Crippen LogP contribution in [0.5, 0.6) is 0 Å². The summed E-state index contributed by atoms with van der Waals surface area (Å²) in [7, 11) is 0. The van der Waals surface area contributed by atoms with Crippen molar-refractivity contribution in [3.05, 3.63) is 106 Å². The second-order valence-electron chi connectivity index (χ2n) is 9.12. The molecule has 0 aromatic heterocycles. The molecule has 1 N–H and O–H groups in total. The van der Waals surface area contributed by atoms with E-state index in [1.165, 1.54) is 11.8 Å². The number of hydrogen-bond acceptors (Lipinski definition) is 3. The fourth-order valence-electron chi connectivity index (χ4n) is 3.77. The Balaban J connectivity index is 1.84. The highest BCUT2D eigenvalue weighted by Gasteiger charge is 2.30. The zero-order valence-electron chi connectivity index (χ0n) is 20.6. The fraction of sp³-hybridized carbons (Fsp3) is 0.310. The predicted molar refractivity (Wildman–Crippen MR) is 151 cm³/mol. The van der Waals surface area contributed by atoms with Gasteiger partial charge in [0.2, 0.25) is 11.8 Å². The van der Waals surface area contributed by atoms with Crippen molar-refractivity contribution in [2.45, 2.75) is 38.6 Å². The molecule has 0 unspecified atom stereocenters. The smallest absolute Gasteiger partial charge is 0.243 e. The third-order valence-electron chi connectivity index (χ3n) is 5.58. The molecule has 0 aliphatic heterocycles. The van der Waals surface area contributed by atoms with Crippen molar-refractivity contribution in [3.8, 4) is 0 Å². The summed E-state index contributed by atoms with van der Waals surface area (Å²) in [5, 5.41) is 4.31. The summed E-state index contributed by atoms with van der Waals surface area (Å²) in [6, 6.07) is 24.2. The molecule has 3 aromatic carbocycles. The number of carbonyl (C=O) groups is 2. The first kappa shape index (κ1) is 28.1. The van der Waals surface area contributed by atoms with Crippen LogP contribution < -0.4 is 5.32 Å². The van der Waals surface area contributed by atoms with E-state index in [1.807, 2.05) is 86.6 Å². The van der Waals surface area contributed by atoms with E-state index in [0.29, 0.717) is 41.2 Å². The molecule has 4 nitrogen and oxygen atoms in total. The third kappa shape index (κ3) is 9.20. The van der Waals surface area contributed by atoms with E-state index < -0.39 is 6.04 Å². The van der Waals surface area contributed by atoms with Crippen LogP contribution in [0.2, 0.25) is 10.0 Å². The van der Waals surface area contributed by atoms with Crippen molar-refractivity contribution in [3.63, 3.8) is 0 Å². The van der Waals surface area contributed by atoms with Gasteiger partial charge in [-0.1, -0.05) is 91.6 Å². The van der Waals surface area contributed by atoms with Crippen LogP contribution in [0.3, 0.4) is 0 Å². The van der Waals surface area contributed by atoms with Crippen LogP contribution in [0.15, 0.2) is 78.9 Å². The topological polar surface area (TPSA) is 49.4 Å². The van der Waals surface area contributed by atoms with E-state index in [0.717, 1.165) is 16.7 Å². The number of thioether (sulfide) groups is 1.